The summed E-state index contributed by atoms with van der Waals surface area (Å²) in [6.45, 7) is 0.768. The molecule has 2 rings (SSSR count). The summed E-state index contributed by atoms with van der Waals surface area (Å²) in [4.78, 5) is 3.19. The minimum Gasteiger partial charge on any atom is -0.380 e. The number of hydrogen-bond acceptors (Lipinski definition) is 4. The summed E-state index contributed by atoms with van der Waals surface area (Å²) in [5, 5.41) is 12.1. The smallest absolute Gasteiger partial charge is 0.110 e. The maximum absolute atomic E-state index is 8.74. The largest absolute Gasteiger partial charge is 0.380 e. The van der Waals surface area contributed by atoms with Crippen molar-refractivity contribution in [2.75, 3.05) is 11.6 Å². The second kappa shape index (κ2) is 5.76. The Labute approximate surface area is 109 Å². The Kier molecular flexibility index (Phi) is 4.08. The Hall–Kier alpha value is -1.44. The quantitative estimate of drug-likeness (QED) is 0.845. The fourth-order valence-electron chi connectivity index (χ4n) is 1.46. The van der Waals surface area contributed by atoms with Gasteiger partial charge in [0.15, 0.2) is 0 Å². The molecule has 0 bridgehead atoms. The van der Waals surface area contributed by atoms with Gasteiger partial charge in [0.1, 0.15) is 10.9 Å². The van der Waals surface area contributed by atoms with Crippen LogP contribution in [-0.2, 0) is 6.54 Å². The van der Waals surface area contributed by atoms with Gasteiger partial charge in [-0.15, -0.1) is 23.1 Å². The van der Waals surface area contributed by atoms with Gasteiger partial charge in [0.05, 0.1) is 0 Å². The van der Waals surface area contributed by atoms with Gasteiger partial charge >= 0.3 is 0 Å². The summed E-state index contributed by atoms with van der Waals surface area (Å²) in [6, 6.07) is 14.3. The monoisotopic (exact) mass is 260 g/mol. The number of benzene rings is 1. The average molecular weight is 260 g/mol. The molecule has 1 aromatic heterocycles. The molecule has 0 amide bonds. The molecule has 0 radical (unpaired) electrons. The van der Waals surface area contributed by atoms with E-state index in [0.717, 1.165) is 17.1 Å². The Bertz CT molecular complexity index is 540. The van der Waals surface area contributed by atoms with E-state index in [4.69, 9.17) is 5.26 Å². The molecule has 2 nitrogen and oxygen atoms in total. The second-order valence-corrected chi connectivity index (χ2v) is 5.51. The lowest BCUT2D eigenvalue weighted by atomic mass is 10.3. The van der Waals surface area contributed by atoms with Crippen molar-refractivity contribution < 1.29 is 0 Å². The molecule has 86 valence electrons. The number of nitrogens with one attached hydrogen (secondary N) is 1. The summed E-state index contributed by atoms with van der Waals surface area (Å²) in [5.41, 5.74) is 1.11. The lowest BCUT2D eigenvalue weighted by Gasteiger charge is -2.05. The van der Waals surface area contributed by atoms with Gasteiger partial charge in [-0.25, -0.2) is 0 Å². The molecule has 0 aliphatic heterocycles. The zero-order valence-electron chi connectivity index (χ0n) is 9.43. The van der Waals surface area contributed by atoms with Crippen LogP contribution in [0.3, 0.4) is 0 Å². The molecular weight excluding hydrogens is 248 g/mol. The first-order chi connectivity index (χ1) is 8.31. The van der Waals surface area contributed by atoms with Crippen molar-refractivity contribution in [3.63, 3.8) is 0 Å². The number of thioether (sulfide) groups is 1. The summed E-state index contributed by atoms with van der Waals surface area (Å²) in [5.74, 6) is 0. The van der Waals surface area contributed by atoms with Crippen molar-refractivity contribution in [3.8, 4) is 6.07 Å². The molecule has 0 aliphatic carbocycles. The Morgan fingerprint density at radius 1 is 1.35 bits per heavy atom. The van der Waals surface area contributed by atoms with Crippen molar-refractivity contribution >= 4 is 28.8 Å². The van der Waals surface area contributed by atoms with E-state index < -0.39 is 0 Å². The minimum absolute atomic E-state index is 0.764. The fraction of sp³-hybridized carbons (Fsp3) is 0.154. The van der Waals surface area contributed by atoms with E-state index in [2.05, 4.69) is 35.8 Å². The van der Waals surface area contributed by atoms with Crippen LogP contribution in [0.5, 0.6) is 0 Å². The predicted octanol–water partition coefficient (Wildman–Crippen LogP) is 3.95. The second-order valence-electron chi connectivity index (χ2n) is 3.46. The van der Waals surface area contributed by atoms with Crippen LogP contribution < -0.4 is 5.32 Å². The highest BCUT2D eigenvalue weighted by Crippen LogP contribution is 2.21. The Morgan fingerprint density at radius 3 is 2.94 bits per heavy atom. The molecule has 0 saturated carbocycles. The SMILES string of the molecule is CSc1cccc(NCc2ccc(C#N)s2)c1. The van der Waals surface area contributed by atoms with Gasteiger partial charge in [-0.05, 0) is 36.6 Å². The van der Waals surface area contributed by atoms with Gasteiger partial charge in [-0.2, -0.15) is 5.26 Å². The van der Waals surface area contributed by atoms with Crippen molar-refractivity contribution in [2.24, 2.45) is 0 Å². The maximum atomic E-state index is 8.74. The topological polar surface area (TPSA) is 35.8 Å². The molecule has 4 heteroatoms. The van der Waals surface area contributed by atoms with Crippen molar-refractivity contribution in [3.05, 3.63) is 46.2 Å². The highest BCUT2D eigenvalue weighted by molar-refractivity contribution is 7.98. The van der Waals surface area contributed by atoms with E-state index in [9.17, 15) is 0 Å². The molecule has 0 saturated heterocycles. The number of anilines is 1. The number of hydrogen-bond donors (Lipinski definition) is 1. The Balaban J connectivity index is 1.99. The van der Waals surface area contributed by atoms with Crippen molar-refractivity contribution in [1.29, 1.82) is 5.26 Å². The molecule has 0 atom stereocenters. The van der Waals surface area contributed by atoms with Crippen LogP contribution in [0.25, 0.3) is 0 Å². The zero-order valence-corrected chi connectivity index (χ0v) is 11.1. The van der Waals surface area contributed by atoms with Gasteiger partial charge in [-0.1, -0.05) is 6.07 Å². The third-order valence-corrected chi connectivity index (χ3v) is 4.02. The van der Waals surface area contributed by atoms with Crippen LogP contribution in [-0.4, -0.2) is 6.26 Å². The number of nitriles is 1. The molecule has 0 fully saturated rings. The number of nitrogens with zero attached hydrogens (tertiary/aromatic N) is 1. The van der Waals surface area contributed by atoms with E-state index in [0.29, 0.717) is 0 Å². The third kappa shape index (κ3) is 3.26. The van der Waals surface area contributed by atoms with E-state index in [1.807, 2.05) is 18.2 Å². The maximum Gasteiger partial charge on any atom is 0.110 e. The van der Waals surface area contributed by atoms with Crippen molar-refractivity contribution in [1.82, 2.24) is 0 Å². The van der Waals surface area contributed by atoms with Crippen LogP contribution in [0.1, 0.15) is 9.75 Å². The zero-order chi connectivity index (χ0) is 12.1. The molecule has 0 unspecified atom stereocenters. The minimum atomic E-state index is 0.764. The van der Waals surface area contributed by atoms with Gasteiger partial charge in [0, 0.05) is 22.0 Å². The first-order valence-electron chi connectivity index (χ1n) is 5.18. The standard InChI is InChI=1S/C13H12N2S2/c1-16-11-4-2-3-10(7-11)15-9-13-6-5-12(8-14)17-13/h2-7,15H,9H2,1H3. The van der Waals surface area contributed by atoms with Gasteiger partial charge in [0.2, 0.25) is 0 Å². The Morgan fingerprint density at radius 2 is 2.24 bits per heavy atom. The van der Waals surface area contributed by atoms with E-state index in [1.165, 1.54) is 21.1 Å². The number of thiophene rings is 1. The fourth-order valence-corrected chi connectivity index (χ4v) is 2.66. The highest BCUT2D eigenvalue weighted by atomic mass is 32.2. The predicted molar refractivity (Wildman–Crippen MR) is 74.6 cm³/mol. The lowest BCUT2D eigenvalue weighted by Crippen LogP contribution is -1.96. The van der Waals surface area contributed by atoms with Crippen LogP contribution >= 0.6 is 23.1 Å². The van der Waals surface area contributed by atoms with E-state index >= 15 is 0 Å². The molecule has 1 heterocycles. The van der Waals surface area contributed by atoms with Crippen LogP contribution in [0.15, 0.2) is 41.3 Å². The molecule has 17 heavy (non-hydrogen) atoms. The van der Waals surface area contributed by atoms with Gasteiger partial charge in [0.25, 0.3) is 0 Å². The molecule has 2 aromatic rings. The molecule has 0 spiro atoms. The molecular formula is C13H12N2S2. The summed E-state index contributed by atoms with van der Waals surface area (Å²) < 4.78 is 0. The van der Waals surface area contributed by atoms with E-state index in [-0.39, 0.29) is 0 Å². The summed E-state index contributed by atoms with van der Waals surface area (Å²) in [7, 11) is 0. The number of rotatable bonds is 4. The molecule has 1 N–H and O–H groups in total. The van der Waals surface area contributed by atoms with Crippen LogP contribution in [0.2, 0.25) is 0 Å². The average Bonchev–Trinajstić information content (AvgIpc) is 2.84. The van der Waals surface area contributed by atoms with Crippen LogP contribution in [0.4, 0.5) is 5.69 Å². The van der Waals surface area contributed by atoms with Crippen LogP contribution in [0, 0.1) is 11.3 Å². The van der Waals surface area contributed by atoms with Crippen molar-refractivity contribution in [2.45, 2.75) is 11.4 Å². The first-order valence-corrected chi connectivity index (χ1v) is 7.22. The van der Waals surface area contributed by atoms with Gasteiger partial charge in [-0.3, -0.25) is 0 Å². The third-order valence-electron chi connectivity index (χ3n) is 2.31. The lowest BCUT2D eigenvalue weighted by molar-refractivity contribution is 1.19. The normalized spacial score (nSPS) is 9.88. The van der Waals surface area contributed by atoms with E-state index in [1.54, 1.807) is 11.8 Å². The molecule has 0 aliphatic rings. The highest BCUT2D eigenvalue weighted by Gasteiger charge is 1.99. The summed E-state index contributed by atoms with van der Waals surface area (Å²) in [6.07, 6.45) is 2.07. The summed E-state index contributed by atoms with van der Waals surface area (Å²) >= 11 is 3.27. The van der Waals surface area contributed by atoms with Gasteiger partial charge < -0.3 is 5.32 Å². The first kappa shape index (κ1) is 12.0. The molecule has 1 aromatic carbocycles.